The molecule has 1 atom stereocenters. The molecule has 1 aliphatic rings. The summed E-state index contributed by atoms with van der Waals surface area (Å²) in [5.74, 6) is -0.378. The Morgan fingerprint density at radius 1 is 0.909 bits per heavy atom. The Morgan fingerprint density at radius 3 is 1.77 bits per heavy atom. The van der Waals surface area contributed by atoms with E-state index in [2.05, 4.69) is 0 Å². The van der Waals surface area contributed by atoms with Crippen molar-refractivity contribution in [1.29, 1.82) is 0 Å². The molecule has 1 heterocycles. The van der Waals surface area contributed by atoms with Crippen LogP contribution in [0, 0.1) is 5.41 Å². The van der Waals surface area contributed by atoms with Crippen LogP contribution in [-0.4, -0.2) is 40.2 Å². The van der Waals surface area contributed by atoms with Gasteiger partial charge in [-0.05, 0) is 60.3 Å². The van der Waals surface area contributed by atoms with Gasteiger partial charge in [0.25, 0.3) is 0 Å². The Labute approximate surface area is 134 Å². The van der Waals surface area contributed by atoms with E-state index >= 15 is 0 Å². The van der Waals surface area contributed by atoms with Gasteiger partial charge in [0.1, 0.15) is 16.7 Å². The third kappa shape index (κ3) is 4.62. The smallest absolute Gasteiger partial charge is 0.411 e. The number of hydrogen-bond acceptors (Lipinski definition) is 4. The molecule has 0 radical (unpaired) electrons. The van der Waals surface area contributed by atoms with Gasteiger partial charge in [-0.3, -0.25) is 4.90 Å². The SMILES string of the molecule is CC1(C)CN(C(=O)OC(C)(C)C)C(C)(C(=O)OC(C)(C)C)C1. The van der Waals surface area contributed by atoms with E-state index in [-0.39, 0.29) is 11.4 Å². The zero-order chi connectivity index (χ0) is 17.6. The summed E-state index contributed by atoms with van der Waals surface area (Å²) in [5.41, 5.74) is -2.35. The summed E-state index contributed by atoms with van der Waals surface area (Å²) in [6.07, 6.45) is 0.0835. The van der Waals surface area contributed by atoms with Crippen molar-refractivity contribution in [2.75, 3.05) is 6.54 Å². The zero-order valence-corrected chi connectivity index (χ0v) is 15.5. The van der Waals surface area contributed by atoms with Gasteiger partial charge in [-0.15, -0.1) is 0 Å². The fourth-order valence-electron chi connectivity index (χ4n) is 2.84. The van der Waals surface area contributed by atoms with Gasteiger partial charge < -0.3 is 9.47 Å². The minimum absolute atomic E-state index is 0.164. The van der Waals surface area contributed by atoms with Crippen molar-refractivity contribution < 1.29 is 19.1 Å². The van der Waals surface area contributed by atoms with Crippen molar-refractivity contribution in [1.82, 2.24) is 4.90 Å². The second-order valence-corrected chi connectivity index (χ2v) is 9.18. The van der Waals surface area contributed by atoms with Crippen molar-refractivity contribution in [3.05, 3.63) is 0 Å². The van der Waals surface area contributed by atoms with Crippen molar-refractivity contribution in [3.8, 4) is 0 Å². The van der Waals surface area contributed by atoms with Gasteiger partial charge in [0.2, 0.25) is 0 Å². The molecule has 22 heavy (non-hydrogen) atoms. The number of nitrogens with zero attached hydrogens (tertiary/aromatic N) is 1. The number of hydrogen-bond donors (Lipinski definition) is 0. The third-order valence-corrected chi connectivity index (χ3v) is 3.46. The van der Waals surface area contributed by atoms with E-state index in [9.17, 15) is 9.59 Å². The molecule has 1 amide bonds. The second-order valence-electron chi connectivity index (χ2n) is 9.18. The lowest BCUT2D eigenvalue weighted by molar-refractivity contribution is -0.166. The lowest BCUT2D eigenvalue weighted by Crippen LogP contribution is -2.54. The largest absolute Gasteiger partial charge is 0.458 e. The zero-order valence-electron chi connectivity index (χ0n) is 15.5. The Morgan fingerprint density at radius 2 is 1.36 bits per heavy atom. The first-order valence-corrected chi connectivity index (χ1v) is 7.80. The summed E-state index contributed by atoms with van der Waals surface area (Å²) < 4.78 is 11.0. The molecule has 5 heteroatoms. The molecule has 0 saturated carbocycles. The Hall–Kier alpha value is -1.26. The molecule has 0 spiro atoms. The van der Waals surface area contributed by atoms with Gasteiger partial charge in [-0.2, -0.15) is 0 Å². The minimum Gasteiger partial charge on any atom is -0.458 e. The molecule has 0 aromatic carbocycles. The summed E-state index contributed by atoms with van der Waals surface area (Å²) in [6.45, 7) is 17.2. The number of likely N-dealkylation sites (tertiary alicyclic amines) is 1. The minimum atomic E-state index is -1.00. The number of carbonyl (C=O) groups excluding carboxylic acids is 2. The van der Waals surface area contributed by atoms with Crippen molar-refractivity contribution in [3.63, 3.8) is 0 Å². The quantitative estimate of drug-likeness (QED) is 0.692. The molecular formula is C17H31NO4. The van der Waals surface area contributed by atoms with Crippen LogP contribution < -0.4 is 0 Å². The Bertz CT molecular complexity index is 456. The maximum absolute atomic E-state index is 12.7. The van der Waals surface area contributed by atoms with Crippen LogP contribution in [0.3, 0.4) is 0 Å². The third-order valence-electron chi connectivity index (χ3n) is 3.46. The molecule has 1 unspecified atom stereocenters. The highest BCUT2D eigenvalue weighted by Gasteiger charge is 2.55. The standard InChI is InChI=1S/C17H31NO4/c1-14(2,3)21-12(19)17(9)10-16(7,8)11-18(17)13(20)22-15(4,5)6/h10-11H2,1-9H3. The van der Waals surface area contributed by atoms with Crippen LogP contribution in [-0.2, 0) is 14.3 Å². The number of amides is 1. The fourth-order valence-corrected chi connectivity index (χ4v) is 2.84. The maximum atomic E-state index is 12.7. The van der Waals surface area contributed by atoms with Crippen LogP contribution >= 0.6 is 0 Å². The van der Waals surface area contributed by atoms with Gasteiger partial charge in [-0.1, -0.05) is 13.8 Å². The van der Waals surface area contributed by atoms with Crippen molar-refractivity contribution in [2.45, 2.75) is 85.5 Å². The molecule has 1 rings (SSSR count). The van der Waals surface area contributed by atoms with E-state index in [0.29, 0.717) is 13.0 Å². The van der Waals surface area contributed by atoms with Gasteiger partial charge in [-0.25, -0.2) is 9.59 Å². The van der Waals surface area contributed by atoms with E-state index in [1.807, 2.05) is 55.4 Å². The molecule has 1 saturated heterocycles. The van der Waals surface area contributed by atoms with E-state index in [4.69, 9.17) is 9.47 Å². The monoisotopic (exact) mass is 313 g/mol. The van der Waals surface area contributed by atoms with Crippen molar-refractivity contribution >= 4 is 12.1 Å². The van der Waals surface area contributed by atoms with E-state index in [1.54, 1.807) is 6.92 Å². The topological polar surface area (TPSA) is 55.8 Å². The van der Waals surface area contributed by atoms with E-state index in [1.165, 1.54) is 4.90 Å². The number of carbonyl (C=O) groups is 2. The average Bonchev–Trinajstić information content (AvgIpc) is 2.45. The summed E-state index contributed by atoms with van der Waals surface area (Å²) in [4.78, 5) is 26.7. The Kier molecular flexibility index (Phi) is 4.63. The molecule has 0 bridgehead atoms. The van der Waals surface area contributed by atoms with E-state index < -0.39 is 22.8 Å². The molecule has 0 aliphatic carbocycles. The van der Waals surface area contributed by atoms with Gasteiger partial charge in [0.15, 0.2) is 0 Å². The summed E-state index contributed by atoms with van der Waals surface area (Å²) in [7, 11) is 0. The van der Waals surface area contributed by atoms with Gasteiger partial charge >= 0.3 is 12.1 Å². The van der Waals surface area contributed by atoms with Crippen LogP contribution in [0.1, 0.15) is 68.7 Å². The predicted octanol–water partition coefficient (Wildman–Crippen LogP) is 3.75. The summed E-state index contributed by atoms with van der Waals surface area (Å²) in [6, 6.07) is 0. The second kappa shape index (κ2) is 5.43. The van der Waals surface area contributed by atoms with Gasteiger partial charge in [0, 0.05) is 6.54 Å². The number of ether oxygens (including phenoxy) is 2. The fraction of sp³-hybridized carbons (Fsp3) is 0.882. The highest BCUT2D eigenvalue weighted by atomic mass is 16.6. The molecule has 5 nitrogen and oxygen atoms in total. The number of rotatable bonds is 1. The van der Waals surface area contributed by atoms with Crippen LogP contribution in [0.5, 0.6) is 0 Å². The molecule has 0 aromatic heterocycles. The molecule has 128 valence electrons. The van der Waals surface area contributed by atoms with Crippen LogP contribution in [0.25, 0.3) is 0 Å². The molecule has 0 aromatic rings. The molecule has 0 N–H and O–H groups in total. The molecular weight excluding hydrogens is 282 g/mol. The highest BCUT2D eigenvalue weighted by molar-refractivity contribution is 5.86. The van der Waals surface area contributed by atoms with Crippen molar-refractivity contribution in [2.24, 2.45) is 5.41 Å². The Balaban J connectivity index is 3.07. The van der Waals surface area contributed by atoms with Gasteiger partial charge in [0.05, 0.1) is 0 Å². The summed E-state index contributed by atoms with van der Waals surface area (Å²) in [5, 5.41) is 0. The predicted molar refractivity (Wildman–Crippen MR) is 85.6 cm³/mol. The summed E-state index contributed by atoms with van der Waals surface area (Å²) >= 11 is 0. The van der Waals surface area contributed by atoms with Crippen LogP contribution in [0.4, 0.5) is 4.79 Å². The highest BCUT2D eigenvalue weighted by Crippen LogP contribution is 2.43. The first-order valence-electron chi connectivity index (χ1n) is 7.80. The molecule has 1 fully saturated rings. The number of esters is 1. The first kappa shape index (κ1) is 18.8. The molecule has 1 aliphatic heterocycles. The lowest BCUT2D eigenvalue weighted by Gasteiger charge is -2.36. The van der Waals surface area contributed by atoms with E-state index in [0.717, 1.165) is 0 Å². The maximum Gasteiger partial charge on any atom is 0.411 e. The normalized spacial score (nSPS) is 25.0. The van der Waals surface area contributed by atoms with Crippen LogP contribution in [0.15, 0.2) is 0 Å². The van der Waals surface area contributed by atoms with Crippen LogP contribution in [0.2, 0.25) is 0 Å². The lowest BCUT2D eigenvalue weighted by atomic mass is 9.85. The average molecular weight is 313 g/mol. The first-order chi connectivity index (χ1) is 9.56.